The number of halogens is 3. The van der Waals surface area contributed by atoms with Crippen molar-refractivity contribution in [2.24, 2.45) is 0 Å². The molecule has 1 heterocycles. The predicted octanol–water partition coefficient (Wildman–Crippen LogP) is 3.46. The van der Waals surface area contributed by atoms with Crippen molar-refractivity contribution in [1.82, 2.24) is 9.78 Å². The Bertz CT molecular complexity index is 559. The molecule has 0 atom stereocenters. The number of aromatic nitrogens is 2. The molecule has 0 radical (unpaired) electrons. The first-order valence-electron chi connectivity index (χ1n) is 5.79. The number of nitrogens with zero attached hydrogens (tertiary/aromatic N) is 2. The Morgan fingerprint density at radius 1 is 1.21 bits per heavy atom. The van der Waals surface area contributed by atoms with Crippen LogP contribution in [0.4, 0.5) is 18.9 Å². The summed E-state index contributed by atoms with van der Waals surface area (Å²) in [5.74, 6) is 0. The van der Waals surface area contributed by atoms with Crippen molar-refractivity contribution >= 4 is 5.69 Å². The van der Waals surface area contributed by atoms with E-state index in [1.54, 1.807) is 14.0 Å². The van der Waals surface area contributed by atoms with Crippen LogP contribution in [0, 0.1) is 6.92 Å². The number of anilines is 1. The average Bonchev–Trinajstić information content (AvgIpc) is 2.65. The first-order valence-corrected chi connectivity index (χ1v) is 5.79. The third-order valence-electron chi connectivity index (χ3n) is 2.83. The lowest BCUT2D eigenvalue weighted by Gasteiger charge is -2.08. The van der Waals surface area contributed by atoms with Crippen molar-refractivity contribution in [3.8, 4) is 11.3 Å². The van der Waals surface area contributed by atoms with Gasteiger partial charge in [-0.2, -0.15) is 18.3 Å². The maximum atomic E-state index is 12.5. The van der Waals surface area contributed by atoms with Gasteiger partial charge in [0.15, 0.2) is 0 Å². The molecule has 19 heavy (non-hydrogen) atoms. The van der Waals surface area contributed by atoms with Gasteiger partial charge in [-0.05, 0) is 6.92 Å². The molecule has 1 N–H and O–H groups in total. The van der Waals surface area contributed by atoms with Gasteiger partial charge in [0.05, 0.1) is 11.4 Å². The summed E-state index contributed by atoms with van der Waals surface area (Å²) in [5, 5.41) is 6.99. The smallest absolute Gasteiger partial charge is 0.385 e. The number of benzene rings is 1. The summed E-state index contributed by atoms with van der Waals surface area (Å²) in [5.41, 5.74) is 2.41. The van der Waals surface area contributed by atoms with Gasteiger partial charge in [-0.3, -0.25) is 4.68 Å². The van der Waals surface area contributed by atoms with Gasteiger partial charge in [-0.1, -0.05) is 30.3 Å². The van der Waals surface area contributed by atoms with E-state index in [1.165, 1.54) is 0 Å². The van der Waals surface area contributed by atoms with E-state index in [0.29, 0.717) is 17.1 Å². The van der Waals surface area contributed by atoms with E-state index >= 15 is 0 Å². The topological polar surface area (TPSA) is 29.9 Å². The summed E-state index contributed by atoms with van der Waals surface area (Å²) < 4.78 is 38.4. The molecule has 2 aromatic rings. The van der Waals surface area contributed by atoms with Gasteiger partial charge in [0.1, 0.15) is 12.2 Å². The Hall–Kier alpha value is -1.98. The molecule has 0 spiro atoms. The van der Waals surface area contributed by atoms with Gasteiger partial charge in [0.2, 0.25) is 0 Å². The Balaban J connectivity index is 2.48. The molecule has 0 fully saturated rings. The number of hydrogen-bond acceptors (Lipinski definition) is 2. The maximum Gasteiger partial charge on any atom is 0.408 e. The SMILES string of the molecule is CNc1c(-c2ccccc2)nn(CC(F)(F)F)c1C. The predicted molar refractivity (Wildman–Crippen MR) is 68.0 cm³/mol. The van der Waals surface area contributed by atoms with Crippen molar-refractivity contribution in [2.45, 2.75) is 19.6 Å². The van der Waals surface area contributed by atoms with Gasteiger partial charge < -0.3 is 5.32 Å². The highest BCUT2D eigenvalue weighted by Gasteiger charge is 2.30. The molecular formula is C13H14F3N3. The van der Waals surface area contributed by atoms with E-state index < -0.39 is 12.7 Å². The lowest BCUT2D eigenvalue weighted by atomic mass is 10.1. The fraction of sp³-hybridized carbons (Fsp3) is 0.308. The summed E-state index contributed by atoms with van der Waals surface area (Å²) in [7, 11) is 1.67. The molecular weight excluding hydrogens is 255 g/mol. The van der Waals surface area contributed by atoms with E-state index in [9.17, 15) is 13.2 Å². The molecule has 1 aromatic heterocycles. The van der Waals surface area contributed by atoms with Crippen molar-refractivity contribution in [3.05, 3.63) is 36.0 Å². The second-order valence-corrected chi connectivity index (χ2v) is 4.20. The zero-order valence-corrected chi connectivity index (χ0v) is 10.6. The Morgan fingerprint density at radius 3 is 2.37 bits per heavy atom. The maximum absolute atomic E-state index is 12.5. The molecule has 0 aliphatic rings. The quantitative estimate of drug-likeness (QED) is 0.924. The minimum absolute atomic E-state index is 0.471. The van der Waals surface area contributed by atoms with Crippen LogP contribution in [0.25, 0.3) is 11.3 Å². The third kappa shape index (κ3) is 2.89. The highest BCUT2D eigenvalue weighted by Crippen LogP contribution is 2.31. The molecule has 0 aliphatic heterocycles. The largest absolute Gasteiger partial charge is 0.408 e. The molecule has 0 saturated heterocycles. The number of alkyl halides is 3. The molecule has 6 heteroatoms. The normalized spacial score (nSPS) is 11.6. The summed E-state index contributed by atoms with van der Waals surface area (Å²) in [6.45, 7) is 0.539. The Kier molecular flexibility index (Phi) is 3.50. The van der Waals surface area contributed by atoms with E-state index in [2.05, 4.69) is 10.4 Å². The first kappa shape index (κ1) is 13.5. The molecule has 2 rings (SSSR count). The molecule has 0 amide bonds. The molecule has 3 nitrogen and oxygen atoms in total. The van der Waals surface area contributed by atoms with E-state index in [0.717, 1.165) is 10.2 Å². The van der Waals surface area contributed by atoms with E-state index in [4.69, 9.17) is 0 Å². The molecule has 1 aromatic carbocycles. The van der Waals surface area contributed by atoms with Gasteiger partial charge in [0, 0.05) is 12.6 Å². The highest BCUT2D eigenvalue weighted by molar-refractivity contribution is 5.76. The standard InChI is InChI=1S/C13H14F3N3/c1-9-11(17-2)12(10-6-4-3-5-7-10)18-19(9)8-13(14,15)16/h3-7,17H,8H2,1-2H3. The average molecular weight is 269 g/mol. The minimum atomic E-state index is -4.28. The first-order chi connectivity index (χ1) is 8.92. The van der Waals surface area contributed by atoms with Gasteiger partial charge in [-0.25, -0.2) is 0 Å². The summed E-state index contributed by atoms with van der Waals surface area (Å²) >= 11 is 0. The highest BCUT2D eigenvalue weighted by atomic mass is 19.4. The van der Waals surface area contributed by atoms with Crippen LogP contribution in [0.5, 0.6) is 0 Å². The summed E-state index contributed by atoms with van der Waals surface area (Å²) in [6.07, 6.45) is -4.28. The van der Waals surface area contributed by atoms with Crippen molar-refractivity contribution < 1.29 is 13.2 Å². The number of rotatable bonds is 3. The Labute approximate surface area is 109 Å². The fourth-order valence-corrected chi connectivity index (χ4v) is 1.97. The Morgan fingerprint density at radius 2 is 1.84 bits per heavy atom. The second kappa shape index (κ2) is 4.95. The summed E-state index contributed by atoms with van der Waals surface area (Å²) in [4.78, 5) is 0. The zero-order valence-electron chi connectivity index (χ0n) is 10.6. The lowest BCUT2D eigenvalue weighted by Crippen LogP contribution is -2.19. The van der Waals surface area contributed by atoms with Crippen LogP contribution >= 0.6 is 0 Å². The second-order valence-electron chi connectivity index (χ2n) is 4.20. The lowest BCUT2D eigenvalue weighted by molar-refractivity contribution is -0.142. The van der Waals surface area contributed by atoms with Crippen LogP contribution in [-0.2, 0) is 6.54 Å². The van der Waals surface area contributed by atoms with Crippen molar-refractivity contribution in [3.63, 3.8) is 0 Å². The minimum Gasteiger partial charge on any atom is -0.385 e. The molecule has 102 valence electrons. The molecule has 0 unspecified atom stereocenters. The molecule has 0 aliphatic carbocycles. The van der Waals surface area contributed by atoms with Crippen LogP contribution in [0.1, 0.15) is 5.69 Å². The van der Waals surface area contributed by atoms with Crippen molar-refractivity contribution in [2.75, 3.05) is 12.4 Å². The van der Waals surface area contributed by atoms with Gasteiger partial charge >= 0.3 is 6.18 Å². The third-order valence-corrected chi connectivity index (χ3v) is 2.83. The van der Waals surface area contributed by atoms with Gasteiger partial charge in [0.25, 0.3) is 0 Å². The van der Waals surface area contributed by atoms with Crippen LogP contribution < -0.4 is 5.32 Å². The molecule has 0 bridgehead atoms. The fourth-order valence-electron chi connectivity index (χ4n) is 1.97. The number of nitrogens with one attached hydrogen (secondary N) is 1. The molecule has 0 saturated carbocycles. The van der Waals surface area contributed by atoms with Crippen LogP contribution in [-0.4, -0.2) is 23.0 Å². The van der Waals surface area contributed by atoms with Crippen LogP contribution in [0.3, 0.4) is 0 Å². The van der Waals surface area contributed by atoms with Crippen LogP contribution in [0.2, 0.25) is 0 Å². The summed E-state index contributed by atoms with van der Waals surface area (Å²) in [6, 6.07) is 9.14. The number of hydrogen-bond donors (Lipinski definition) is 1. The van der Waals surface area contributed by atoms with Gasteiger partial charge in [-0.15, -0.1) is 0 Å². The monoisotopic (exact) mass is 269 g/mol. The van der Waals surface area contributed by atoms with E-state index in [1.807, 2.05) is 30.3 Å². The van der Waals surface area contributed by atoms with E-state index in [-0.39, 0.29) is 0 Å². The van der Waals surface area contributed by atoms with Crippen LogP contribution in [0.15, 0.2) is 30.3 Å². The van der Waals surface area contributed by atoms with Crippen molar-refractivity contribution in [1.29, 1.82) is 0 Å². The zero-order chi connectivity index (χ0) is 14.0.